The van der Waals surface area contributed by atoms with E-state index < -0.39 is 23.3 Å². The number of amides is 1. The van der Waals surface area contributed by atoms with Crippen molar-refractivity contribution in [2.45, 2.75) is 27.2 Å². The maximum absolute atomic E-state index is 13.4. The highest BCUT2D eigenvalue weighted by atomic mass is 35.5. The van der Waals surface area contributed by atoms with Crippen LogP contribution in [-0.4, -0.2) is 22.0 Å². The summed E-state index contributed by atoms with van der Waals surface area (Å²) in [5, 5.41) is 11.3. The predicted octanol–water partition coefficient (Wildman–Crippen LogP) is 4.05. The normalized spacial score (nSPS) is 10.6. The number of halogens is 2. The molecule has 28 heavy (non-hydrogen) atoms. The van der Waals surface area contributed by atoms with Crippen molar-refractivity contribution < 1.29 is 18.8 Å². The first-order valence-electron chi connectivity index (χ1n) is 8.51. The summed E-state index contributed by atoms with van der Waals surface area (Å²) < 4.78 is 14.9. The second kappa shape index (κ2) is 8.36. The molecule has 0 aliphatic carbocycles. The molecule has 0 atom stereocenters. The number of carbonyl (C=O) groups is 3. The van der Waals surface area contributed by atoms with Gasteiger partial charge in [-0.05, 0) is 31.0 Å². The standard InChI is InChI=1S/C20H19ClFN3O3/c1-10(2)7-15(26)19(27)16-11(3)25(4)18(17(16)21)20(28)24-13-5-6-14(22)12(8-13)9-23/h5-6,8,10H,7H2,1-4H3,(H,24,28). The maximum Gasteiger partial charge on any atom is 0.273 e. The number of anilines is 1. The molecule has 0 saturated heterocycles. The summed E-state index contributed by atoms with van der Waals surface area (Å²) in [6.07, 6.45) is 0.0809. The van der Waals surface area contributed by atoms with Gasteiger partial charge in [0.25, 0.3) is 5.91 Å². The summed E-state index contributed by atoms with van der Waals surface area (Å²) >= 11 is 6.29. The highest BCUT2D eigenvalue weighted by Gasteiger charge is 2.30. The fraction of sp³-hybridized carbons (Fsp3) is 0.300. The van der Waals surface area contributed by atoms with Crippen molar-refractivity contribution in [1.82, 2.24) is 4.57 Å². The fourth-order valence-electron chi connectivity index (χ4n) is 2.76. The van der Waals surface area contributed by atoms with Gasteiger partial charge in [0.1, 0.15) is 17.6 Å². The third-order valence-corrected chi connectivity index (χ3v) is 4.63. The van der Waals surface area contributed by atoms with E-state index in [0.29, 0.717) is 5.69 Å². The van der Waals surface area contributed by atoms with Gasteiger partial charge in [-0.15, -0.1) is 0 Å². The average molecular weight is 404 g/mol. The second-order valence-electron chi connectivity index (χ2n) is 6.79. The number of nitrogens with zero attached hydrogens (tertiary/aromatic N) is 2. The Morgan fingerprint density at radius 1 is 1.32 bits per heavy atom. The van der Waals surface area contributed by atoms with Crippen LogP contribution in [0.2, 0.25) is 5.02 Å². The number of hydrogen-bond donors (Lipinski definition) is 1. The molecule has 0 radical (unpaired) electrons. The van der Waals surface area contributed by atoms with Gasteiger partial charge in [0.05, 0.1) is 16.1 Å². The van der Waals surface area contributed by atoms with Gasteiger partial charge < -0.3 is 9.88 Å². The monoisotopic (exact) mass is 403 g/mol. The molecule has 0 fully saturated rings. The van der Waals surface area contributed by atoms with Gasteiger partial charge in [-0.1, -0.05) is 25.4 Å². The lowest BCUT2D eigenvalue weighted by atomic mass is 10.00. The third-order valence-electron chi connectivity index (χ3n) is 4.26. The number of hydrogen-bond acceptors (Lipinski definition) is 4. The molecule has 0 spiro atoms. The van der Waals surface area contributed by atoms with Crippen molar-refractivity contribution in [2.24, 2.45) is 13.0 Å². The van der Waals surface area contributed by atoms with Gasteiger partial charge in [0.15, 0.2) is 0 Å². The van der Waals surface area contributed by atoms with E-state index in [9.17, 15) is 18.8 Å². The van der Waals surface area contributed by atoms with E-state index in [2.05, 4.69) is 5.32 Å². The van der Waals surface area contributed by atoms with Gasteiger partial charge in [-0.25, -0.2) is 4.39 Å². The van der Waals surface area contributed by atoms with Crippen LogP contribution in [0.1, 0.15) is 52.4 Å². The maximum atomic E-state index is 13.4. The molecular weight excluding hydrogens is 385 g/mol. The van der Waals surface area contributed by atoms with E-state index >= 15 is 0 Å². The number of ketones is 2. The van der Waals surface area contributed by atoms with Crippen molar-refractivity contribution in [3.63, 3.8) is 0 Å². The van der Waals surface area contributed by atoms with E-state index in [0.717, 1.165) is 6.07 Å². The summed E-state index contributed by atoms with van der Waals surface area (Å²) in [5.41, 5.74) is 0.345. The summed E-state index contributed by atoms with van der Waals surface area (Å²) in [7, 11) is 1.55. The molecule has 0 unspecified atom stereocenters. The third kappa shape index (κ3) is 4.12. The molecule has 0 aliphatic rings. The topological polar surface area (TPSA) is 92.0 Å². The number of nitriles is 1. The van der Waals surface area contributed by atoms with E-state index in [1.807, 2.05) is 13.8 Å². The number of aromatic nitrogens is 1. The Labute approximate surface area is 166 Å². The highest BCUT2D eigenvalue weighted by Crippen LogP contribution is 2.29. The van der Waals surface area contributed by atoms with Crippen LogP contribution in [0.4, 0.5) is 10.1 Å². The number of carbonyl (C=O) groups excluding carboxylic acids is 3. The molecule has 1 heterocycles. The van der Waals surface area contributed by atoms with E-state index in [1.165, 1.54) is 16.7 Å². The lowest BCUT2D eigenvalue weighted by Gasteiger charge is -2.08. The molecule has 0 saturated carbocycles. The van der Waals surface area contributed by atoms with Crippen LogP contribution in [-0.2, 0) is 11.8 Å². The van der Waals surface area contributed by atoms with Crippen LogP contribution in [0, 0.1) is 30.0 Å². The quantitative estimate of drug-likeness (QED) is 0.581. The minimum absolute atomic E-state index is 0.00298. The van der Waals surface area contributed by atoms with Crippen molar-refractivity contribution in [2.75, 3.05) is 5.32 Å². The number of nitrogens with one attached hydrogen (secondary N) is 1. The van der Waals surface area contributed by atoms with Gasteiger partial charge in [0.2, 0.25) is 11.6 Å². The highest BCUT2D eigenvalue weighted by molar-refractivity contribution is 6.49. The Morgan fingerprint density at radius 2 is 1.96 bits per heavy atom. The molecule has 1 amide bonds. The molecule has 2 aromatic rings. The Bertz CT molecular complexity index is 1020. The van der Waals surface area contributed by atoms with Crippen LogP contribution >= 0.6 is 11.6 Å². The summed E-state index contributed by atoms with van der Waals surface area (Å²) in [5.74, 6) is -2.66. The largest absolute Gasteiger partial charge is 0.342 e. The van der Waals surface area contributed by atoms with Crippen molar-refractivity contribution in [3.8, 4) is 6.07 Å². The molecule has 1 aromatic heterocycles. The van der Waals surface area contributed by atoms with Crippen molar-refractivity contribution in [1.29, 1.82) is 5.26 Å². The average Bonchev–Trinajstić information content (AvgIpc) is 2.84. The minimum Gasteiger partial charge on any atom is -0.342 e. The molecule has 0 aliphatic heterocycles. The van der Waals surface area contributed by atoms with Gasteiger partial charge >= 0.3 is 0 Å². The zero-order chi connectivity index (χ0) is 21.2. The first-order chi connectivity index (χ1) is 13.1. The first-order valence-corrected chi connectivity index (χ1v) is 8.89. The van der Waals surface area contributed by atoms with Crippen LogP contribution < -0.4 is 5.32 Å². The molecule has 146 valence electrons. The van der Waals surface area contributed by atoms with E-state index in [1.54, 1.807) is 20.0 Å². The van der Waals surface area contributed by atoms with Crippen LogP contribution in [0.3, 0.4) is 0 Å². The minimum atomic E-state index is -0.737. The van der Waals surface area contributed by atoms with Gasteiger partial charge in [-0.3, -0.25) is 14.4 Å². The summed E-state index contributed by atoms with van der Waals surface area (Å²) in [4.78, 5) is 37.4. The van der Waals surface area contributed by atoms with Crippen LogP contribution in [0.15, 0.2) is 18.2 Å². The zero-order valence-electron chi connectivity index (χ0n) is 15.9. The molecule has 0 bridgehead atoms. The lowest BCUT2D eigenvalue weighted by Crippen LogP contribution is -2.17. The summed E-state index contributed by atoms with van der Waals surface area (Å²) in [6, 6.07) is 5.24. The molecular formula is C20H19ClFN3O3. The molecule has 6 nitrogen and oxygen atoms in total. The lowest BCUT2D eigenvalue weighted by molar-refractivity contribution is -0.115. The van der Waals surface area contributed by atoms with Gasteiger partial charge in [0, 0.05) is 24.8 Å². The number of benzene rings is 1. The number of rotatable bonds is 6. The molecule has 2 rings (SSSR count). The molecule has 1 N–H and O–H groups in total. The Hall–Kier alpha value is -2.98. The summed E-state index contributed by atoms with van der Waals surface area (Å²) in [6.45, 7) is 5.23. The Balaban J connectivity index is 2.39. The fourth-order valence-corrected chi connectivity index (χ4v) is 3.19. The SMILES string of the molecule is Cc1c(C(=O)C(=O)CC(C)C)c(Cl)c(C(=O)Nc2ccc(F)c(C#N)c2)n1C. The first kappa shape index (κ1) is 21.3. The van der Waals surface area contributed by atoms with Crippen LogP contribution in [0.25, 0.3) is 0 Å². The second-order valence-corrected chi connectivity index (χ2v) is 7.17. The Morgan fingerprint density at radius 3 is 2.54 bits per heavy atom. The molecule has 1 aromatic carbocycles. The Kier molecular flexibility index (Phi) is 6.37. The zero-order valence-corrected chi connectivity index (χ0v) is 16.6. The van der Waals surface area contributed by atoms with Crippen LogP contribution in [0.5, 0.6) is 0 Å². The van der Waals surface area contributed by atoms with Crippen molar-refractivity contribution >= 4 is 34.8 Å². The molecule has 8 heteroatoms. The smallest absolute Gasteiger partial charge is 0.273 e. The van der Waals surface area contributed by atoms with E-state index in [4.69, 9.17) is 16.9 Å². The number of Topliss-reactive ketones (excluding diaryl/α,β-unsaturated/α-hetero) is 2. The van der Waals surface area contributed by atoms with Gasteiger partial charge in [-0.2, -0.15) is 5.26 Å². The predicted molar refractivity (Wildman–Crippen MR) is 103 cm³/mol. The van der Waals surface area contributed by atoms with Crippen molar-refractivity contribution in [3.05, 3.63) is 51.6 Å². The van der Waals surface area contributed by atoms with E-state index in [-0.39, 0.29) is 39.9 Å².